The van der Waals surface area contributed by atoms with E-state index in [1.807, 2.05) is 38.1 Å². The number of hydrogen-bond acceptors (Lipinski definition) is 2. The average Bonchev–Trinajstić information content (AvgIpc) is 2.16. The molecule has 0 bridgehead atoms. The Morgan fingerprint density at radius 3 is 2.40 bits per heavy atom. The summed E-state index contributed by atoms with van der Waals surface area (Å²) in [5.41, 5.74) is 0.841. The lowest BCUT2D eigenvalue weighted by atomic mass is 10.2. The fourth-order valence-electron chi connectivity index (χ4n) is 1.10. The van der Waals surface area contributed by atoms with Crippen LogP contribution in [0, 0.1) is 0 Å². The number of carboxylic acids is 1. The summed E-state index contributed by atoms with van der Waals surface area (Å²) in [6.45, 7) is 3.91. The van der Waals surface area contributed by atoms with Crippen LogP contribution in [0.15, 0.2) is 30.3 Å². The molecule has 0 atom stereocenters. The quantitative estimate of drug-likeness (QED) is 0.770. The molecule has 1 aromatic carbocycles. The van der Waals surface area contributed by atoms with Crippen LogP contribution in [-0.2, 0) is 4.79 Å². The van der Waals surface area contributed by atoms with Crippen LogP contribution in [0.4, 0.5) is 0 Å². The Bertz CT molecular complexity index is 350. The summed E-state index contributed by atoms with van der Waals surface area (Å²) in [4.78, 5) is 10.3. The highest BCUT2D eigenvalue weighted by atomic mass is 16.5. The highest BCUT2D eigenvalue weighted by Crippen LogP contribution is 2.14. The number of rotatable bonds is 4. The topological polar surface area (TPSA) is 46.5 Å². The third kappa shape index (κ3) is 4.31. The number of hydrogen-bond donors (Lipinski definition) is 1. The van der Waals surface area contributed by atoms with E-state index in [4.69, 9.17) is 9.84 Å². The number of benzene rings is 1. The van der Waals surface area contributed by atoms with Gasteiger partial charge in [0, 0.05) is 6.08 Å². The molecule has 1 N–H and O–H groups in total. The van der Waals surface area contributed by atoms with Crippen LogP contribution in [0.1, 0.15) is 19.4 Å². The molecule has 0 unspecified atom stereocenters. The van der Waals surface area contributed by atoms with Crippen LogP contribution >= 0.6 is 0 Å². The van der Waals surface area contributed by atoms with Crippen LogP contribution in [-0.4, -0.2) is 17.2 Å². The molecular formula is C12H14O3. The first-order chi connectivity index (χ1) is 7.08. The van der Waals surface area contributed by atoms with E-state index in [-0.39, 0.29) is 6.10 Å². The van der Waals surface area contributed by atoms with Crippen LogP contribution in [0.5, 0.6) is 5.75 Å². The van der Waals surface area contributed by atoms with Gasteiger partial charge in [-0.3, -0.25) is 0 Å². The van der Waals surface area contributed by atoms with Crippen LogP contribution in [0.2, 0.25) is 0 Å². The molecule has 3 nitrogen and oxygen atoms in total. The van der Waals surface area contributed by atoms with Gasteiger partial charge in [0.05, 0.1) is 6.10 Å². The van der Waals surface area contributed by atoms with Crippen LogP contribution in [0.3, 0.4) is 0 Å². The van der Waals surface area contributed by atoms with Crippen molar-refractivity contribution in [3.8, 4) is 5.75 Å². The van der Waals surface area contributed by atoms with Gasteiger partial charge in [0.2, 0.25) is 0 Å². The molecule has 0 aliphatic heterocycles. The molecule has 0 aromatic heterocycles. The summed E-state index contributed by atoms with van der Waals surface area (Å²) in [5.74, 6) is -0.157. The molecule has 0 fully saturated rings. The van der Waals surface area contributed by atoms with Gasteiger partial charge in [-0.1, -0.05) is 12.1 Å². The Morgan fingerprint density at radius 2 is 1.93 bits per heavy atom. The lowest BCUT2D eigenvalue weighted by molar-refractivity contribution is -0.131. The zero-order chi connectivity index (χ0) is 11.3. The van der Waals surface area contributed by atoms with Gasteiger partial charge in [-0.15, -0.1) is 0 Å². The molecule has 0 radical (unpaired) electrons. The second-order valence-corrected chi connectivity index (χ2v) is 3.41. The number of carboxylic acid groups (broad SMARTS) is 1. The minimum atomic E-state index is -0.947. The molecule has 80 valence electrons. The first kappa shape index (κ1) is 11.3. The van der Waals surface area contributed by atoms with Crippen molar-refractivity contribution in [1.82, 2.24) is 0 Å². The van der Waals surface area contributed by atoms with E-state index in [1.54, 1.807) is 6.08 Å². The first-order valence-corrected chi connectivity index (χ1v) is 4.75. The van der Waals surface area contributed by atoms with E-state index in [9.17, 15) is 4.79 Å². The van der Waals surface area contributed by atoms with Gasteiger partial charge >= 0.3 is 5.97 Å². The maximum atomic E-state index is 10.3. The second-order valence-electron chi connectivity index (χ2n) is 3.41. The molecule has 0 aliphatic rings. The van der Waals surface area contributed by atoms with Gasteiger partial charge in [-0.25, -0.2) is 4.79 Å². The monoisotopic (exact) mass is 206 g/mol. The Labute approximate surface area is 89.0 Å². The zero-order valence-corrected chi connectivity index (χ0v) is 8.81. The summed E-state index contributed by atoms with van der Waals surface area (Å²) in [5, 5.41) is 8.44. The molecule has 0 saturated heterocycles. The molecule has 1 aromatic rings. The highest BCUT2D eigenvalue weighted by molar-refractivity contribution is 5.85. The lowest BCUT2D eigenvalue weighted by Gasteiger charge is -2.09. The largest absolute Gasteiger partial charge is 0.491 e. The molecule has 0 heterocycles. The zero-order valence-electron chi connectivity index (χ0n) is 8.81. The van der Waals surface area contributed by atoms with Gasteiger partial charge in [0.15, 0.2) is 0 Å². The minimum absolute atomic E-state index is 0.144. The van der Waals surface area contributed by atoms with Gasteiger partial charge in [-0.2, -0.15) is 0 Å². The van der Waals surface area contributed by atoms with Crippen molar-refractivity contribution in [2.45, 2.75) is 20.0 Å². The number of carbonyl (C=O) groups is 1. The molecule has 0 aliphatic carbocycles. The number of ether oxygens (including phenoxy) is 1. The summed E-state index contributed by atoms with van der Waals surface area (Å²) >= 11 is 0. The lowest BCUT2D eigenvalue weighted by Crippen LogP contribution is -2.05. The second kappa shape index (κ2) is 5.20. The molecule has 0 amide bonds. The summed E-state index contributed by atoms with van der Waals surface area (Å²) < 4.78 is 5.45. The van der Waals surface area contributed by atoms with Crippen molar-refractivity contribution in [2.75, 3.05) is 0 Å². The maximum Gasteiger partial charge on any atom is 0.328 e. The molecule has 3 heteroatoms. The minimum Gasteiger partial charge on any atom is -0.491 e. The molecule has 0 spiro atoms. The first-order valence-electron chi connectivity index (χ1n) is 4.75. The normalized spacial score (nSPS) is 10.9. The summed E-state index contributed by atoms with van der Waals surface area (Å²) in [7, 11) is 0. The van der Waals surface area contributed by atoms with Crippen molar-refractivity contribution >= 4 is 12.0 Å². The molecule has 15 heavy (non-hydrogen) atoms. The fraction of sp³-hybridized carbons (Fsp3) is 0.250. The van der Waals surface area contributed by atoms with Gasteiger partial charge in [-0.05, 0) is 37.6 Å². The van der Waals surface area contributed by atoms with Gasteiger partial charge in [0.25, 0.3) is 0 Å². The Morgan fingerprint density at radius 1 is 1.33 bits per heavy atom. The fourth-order valence-corrected chi connectivity index (χ4v) is 1.10. The van der Waals surface area contributed by atoms with E-state index in [0.29, 0.717) is 0 Å². The molecule has 0 saturated carbocycles. The molecule has 1 rings (SSSR count). The predicted octanol–water partition coefficient (Wildman–Crippen LogP) is 2.57. The Balaban J connectivity index is 2.68. The van der Waals surface area contributed by atoms with Crippen LogP contribution < -0.4 is 4.74 Å². The standard InChI is InChI=1S/C12H14O3/c1-9(2)15-11-6-3-10(4-7-11)5-8-12(13)14/h3-9H,1-2H3,(H,13,14)/b8-5+. The number of aliphatic carboxylic acids is 1. The van der Waals surface area contributed by atoms with E-state index in [1.165, 1.54) is 0 Å². The Kier molecular flexibility index (Phi) is 3.92. The SMILES string of the molecule is CC(C)Oc1ccc(/C=C/C(=O)O)cc1. The smallest absolute Gasteiger partial charge is 0.328 e. The third-order valence-corrected chi connectivity index (χ3v) is 1.67. The highest BCUT2D eigenvalue weighted by Gasteiger charge is 1.96. The van der Waals surface area contributed by atoms with Gasteiger partial charge < -0.3 is 9.84 Å². The van der Waals surface area contributed by atoms with E-state index in [0.717, 1.165) is 17.4 Å². The third-order valence-electron chi connectivity index (χ3n) is 1.67. The van der Waals surface area contributed by atoms with Crippen molar-refractivity contribution in [1.29, 1.82) is 0 Å². The predicted molar refractivity (Wildman–Crippen MR) is 58.9 cm³/mol. The van der Waals surface area contributed by atoms with Gasteiger partial charge in [0.1, 0.15) is 5.75 Å². The van der Waals surface area contributed by atoms with E-state index >= 15 is 0 Å². The Hall–Kier alpha value is -1.77. The summed E-state index contributed by atoms with van der Waals surface area (Å²) in [6.07, 6.45) is 2.80. The van der Waals surface area contributed by atoms with Crippen LogP contribution in [0.25, 0.3) is 6.08 Å². The van der Waals surface area contributed by atoms with Crippen molar-refractivity contribution < 1.29 is 14.6 Å². The van der Waals surface area contributed by atoms with Crippen molar-refractivity contribution in [2.24, 2.45) is 0 Å². The molecular weight excluding hydrogens is 192 g/mol. The van der Waals surface area contributed by atoms with E-state index in [2.05, 4.69) is 0 Å². The maximum absolute atomic E-state index is 10.3. The van der Waals surface area contributed by atoms with Crippen molar-refractivity contribution in [3.63, 3.8) is 0 Å². The van der Waals surface area contributed by atoms with E-state index < -0.39 is 5.97 Å². The summed E-state index contributed by atoms with van der Waals surface area (Å²) in [6, 6.07) is 7.28. The van der Waals surface area contributed by atoms with Crippen molar-refractivity contribution in [3.05, 3.63) is 35.9 Å². The average molecular weight is 206 g/mol.